The van der Waals surface area contributed by atoms with Crippen molar-refractivity contribution >= 4 is 12.0 Å². The van der Waals surface area contributed by atoms with Gasteiger partial charge in [-0.25, -0.2) is 4.79 Å². The standard InChI is InChI=1S/C36H47N5O9/c1-17-10-20-11-22-24(13-37)41-23(28(40(22)7)26(20)32(30(17)46-9)47-15-45-8)12-21-27(33-31(48-16-49-33)18(2)29(21)42)25(41)14-38-34(43)19(3)39-35(44)50-36(4,5)6/h10,19,22-25,28,42H,11-12,14-16H2,1-9H3,(H,38,43)(H,39,44)/t19-,22+,23?,24+,25+,28+/m1/s1. The number of nitriles is 1. The van der Waals surface area contributed by atoms with E-state index in [0.717, 1.165) is 16.7 Å². The van der Waals surface area contributed by atoms with Crippen LogP contribution in [0.25, 0.3) is 0 Å². The third-order valence-electron chi connectivity index (χ3n) is 10.2. The van der Waals surface area contributed by atoms with E-state index in [4.69, 9.17) is 28.4 Å². The maximum Gasteiger partial charge on any atom is 0.408 e. The van der Waals surface area contributed by atoms with Gasteiger partial charge in [-0.1, -0.05) is 6.07 Å². The van der Waals surface area contributed by atoms with Crippen LogP contribution in [0.5, 0.6) is 28.7 Å². The van der Waals surface area contributed by atoms with E-state index >= 15 is 0 Å². The lowest BCUT2D eigenvalue weighted by Gasteiger charge is -2.60. The Morgan fingerprint density at radius 3 is 2.50 bits per heavy atom. The number of nitrogens with zero attached hydrogens (tertiary/aromatic N) is 3. The summed E-state index contributed by atoms with van der Waals surface area (Å²) in [7, 11) is 5.20. The minimum atomic E-state index is -0.915. The number of likely N-dealkylation sites (N-methyl/N-ethyl adjacent to an activating group) is 1. The molecule has 0 saturated carbocycles. The first-order valence-electron chi connectivity index (χ1n) is 16.8. The van der Waals surface area contributed by atoms with E-state index < -0.39 is 35.7 Å². The smallest absolute Gasteiger partial charge is 0.408 e. The first kappa shape index (κ1) is 35.4. The van der Waals surface area contributed by atoms with Crippen LogP contribution in [0.4, 0.5) is 4.79 Å². The summed E-state index contributed by atoms with van der Waals surface area (Å²) in [4.78, 5) is 30.4. The lowest BCUT2D eigenvalue weighted by atomic mass is 9.71. The lowest BCUT2D eigenvalue weighted by Crippen LogP contribution is -2.69. The van der Waals surface area contributed by atoms with E-state index in [1.165, 1.54) is 0 Å². The quantitative estimate of drug-likeness (QED) is 0.345. The number of alkyl carbamates (subject to hydrolysis) is 1. The van der Waals surface area contributed by atoms with Crippen LogP contribution in [-0.2, 0) is 27.1 Å². The fourth-order valence-electron chi connectivity index (χ4n) is 8.18. The van der Waals surface area contributed by atoms with E-state index in [0.29, 0.717) is 52.5 Å². The molecule has 6 rings (SSSR count). The number of aromatic hydroxyl groups is 1. The van der Waals surface area contributed by atoms with Gasteiger partial charge in [0.05, 0.1) is 25.3 Å². The molecule has 0 radical (unpaired) electrons. The van der Waals surface area contributed by atoms with Gasteiger partial charge < -0.3 is 44.2 Å². The molecule has 270 valence electrons. The third kappa shape index (κ3) is 5.91. The minimum absolute atomic E-state index is 0.0117. The molecule has 50 heavy (non-hydrogen) atoms. The zero-order chi connectivity index (χ0) is 36.2. The number of hydrogen-bond acceptors (Lipinski definition) is 12. The molecule has 1 unspecified atom stereocenters. The Morgan fingerprint density at radius 1 is 1.12 bits per heavy atom. The second kappa shape index (κ2) is 13.4. The number of methoxy groups -OCH3 is 2. The molecule has 0 aromatic heterocycles. The number of benzene rings is 2. The van der Waals surface area contributed by atoms with E-state index in [-0.39, 0.29) is 44.0 Å². The molecule has 2 bridgehead atoms. The molecule has 4 aliphatic heterocycles. The van der Waals surface area contributed by atoms with Crippen LogP contribution in [-0.4, -0.2) is 98.1 Å². The molecule has 3 N–H and O–H groups in total. The van der Waals surface area contributed by atoms with Gasteiger partial charge in [-0.05, 0) is 72.6 Å². The van der Waals surface area contributed by atoms with E-state index in [2.05, 4.69) is 32.6 Å². The number of amides is 2. The Labute approximate surface area is 292 Å². The number of fused-ring (bicyclic) bond motifs is 9. The van der Waals surface area contributed by atoms with E-state index in [1.54, 1.807) is 48.8 Å². The SMILES string of the molecule is COCOc1c(OC)c(C)cc2c1[C@@H]1C3Cc4c(O)c(C)c5c(c4[C@H](CNC(=O)[C@@H](C)NC(=O)OC(C)(C)C)N3[C@@H](C#N)[C@H](C2)N1C)OCO5. The lowest BCUT2D eigenvalue weighted by molar-refractivity contribution is -0.123. The number of phenolic OH excluding ortho intramolecular Hbond substituents is 1. The van der Waals surface area contributed by atoms with Gasteiger partial charge in [-0.3, -0.25) is 14.6 Å². The predicted octanol–water partition coefficient (Wildman–Crippen LogP) is 3.53. The molecular weight excluding hydrogens is 646 g/mol. The first-order valence-corrected chi connectivity index (χ1v) is 16.8. The molecule has 0 aliphatic carbocycles. The van der Waals surface area contributed by atoms with E-state index in [1.807, 2.05) is 14.0 Å². The maximum atomic E-state index is 13.5. The van der Waals surface area contributed by atoms with Crippen molar-refractivity contribution < 1.29 is 43.1 Å². The zero-order valence-corrected chi connectivity index (χ0v) is 30.1. The van der Waals surface area contributed by atoms with Gasteiger partial charge in [0, 0.05) is 48.0 Å². The van der Waals surface area contributed by atoms with Gasteiger partial charge in [0.2, 0.25) is 12.7 Å². The maximum absolute atomic E-state index is 13.5. The summed E-state index contributed by atoms with van der Waals surface area (Å²) in [5.74, 6) is 1.78. The number of ether oxygens (including phenoxy) is 6. The largest absolute Gasteiger partial charge is 0.507 e. The fraction of sp³-hybridized carbons (Fsp3) is 0.583. The summed E-state index contributed by atoms with van der Waals surface area (Å²) >= 11 is 0. The molecule has 2 aromatic carbocycles. The molecule has 4 aliphatic rings. The molecule has 4 heterocycles. The molecule has 14 nitrogen and oxygen atoms in total. The summed E-state index contributed by atoms with van der Waals surface area (Å²) in [6, 6.07) is 1.73. The molecule has 6 atom stereocenters. The van der Waals surface area contributed by atoms with Crippen molar-refractivity contribution in [1.82, 2.24) is 20.4 Å². The summed E-state index contributed by atoms with van der Waals surface area (Å²) in [6.45, 7) is 10.6. The average Bonchev–Trinajstić information content (AvgIpc) is 3.54. The Balaban J connectivity index is 1.46. The molecule has 2 amide bonds. The van der Waals surface area contributed by atoms with Crippen molar-refractivity contribution in [2.45, 2.75) is 96.2 Å². The normalized spacial score (nSPS) is 24.2. The Bertz CT molecular complexity index is 1730. The van der Waals surface area contributed by atoms with Crippen LogP contribution in [0.15, 0.2) is 6.07 Å². The number of carbonyl (C=O) groups excluding carboxylic acids is 2. The molecule has 1 saturated heterocycles. The number of rotatable bonds is 8. The molecule has 2 aromatic rings. The number of phenols is 1. The molecular formula is C36H47N5O9. The van der Waals surface area contributed by atoms with Crippen molar-refractivity contribution in [1.29, 1.82) is 5.26 Å². The number of aryl methyl sites for hydroxylation is 1. The highest BCUT2D eigenvalue weighted by molar-refractivity contribution is 5.85. The second-order valence-corrected chi connectivity index (χ2v) is 14.4. The van der Waals surface area contributed by atoms with Crippen LogP contribution in [0.1, 0.15) is 73.2 Å². The van der Waals surface area contributed by atoms with Crippen molar-refractivity contribution in [3.8, 4) is 34.8 Å². The molecule has 14 heteroatoms. The van der Waals surface area contributed by atoms with Crippen molar-refractivity contribution in [2.24, 2.45) is 0 Å². The highest BCUT2D eigenvalue weighted by Gasteiger charge is 2.57. The van der Waals surface area contributed by atoms with Gasteiger partial charge in [-0.2, -0.15) is 5.26 Å². The van der Waals surface area contributed by atoms with Gasteiger partial charge in [0.25, 0.3) is 0 Å². The number of nitrogens with one attached hydrogen (secondary N) is 2. The third-order valence-corrected chi connectivity index (χ3v) is 10.2. The van der Waals surface area contributed by atoms with Crippen molar-refractivity contribution in [3.63, 3.8) is 0 Å². The summed E-state index contributed by atoms with van der Waals surface area (Å²) in [6.07, 6.45) is 0.232. The first-order chi connectivity index (χ1) is 23.7. The van der Waals surface area contributed by atoms with Gasteiger partial charge in [0.15, 0.2) is 29.8 Å². The highest BCUT2D eigenvalue weighted by Crippen LogP contribution is 2.58. The zero-order valence-electron chi connectivity index (χ0n) is 30.1. The van der Waals surface area contributed by atoms with Crippen molar-refractivity contribution in [2.75, 3.05) is 41.4 Å². The van der Waals surface area contributed by atoms with Gasteiger partial charge >= 0.3 is 6.09 Å². The Kier molecular flexibility index (Phi) is 9.45. The van der Waals surface area contributed by atoms with Crippen LogP contribution >= 0.6 is 0 Å². The van der Waals surface area contributed by atoms with Crippen LogP contribution < -0.4 is 29.6 Å². The molecule has 1 fully saturated rings. The summed E-state index contributed by atoms with van der Waals surface area (Å²) in [5, 5.41) is 28.2. The Morgan fingerprint density at radius 2 is 1.84 bits per heavy atom. The number of piperazine rings is 1. The van der Waals surface area contributed by atoms with Crippen LogP contribution in [0.2, 0.25) is 0 Å². The number of hydrogen-bond donors (Lipinski definition) is 3. The van der Waals surface area contributed by atoms with E-state index in [9.17, 15) is 20.0 Å². The predicted molar refractivity (Wildman–Crippen MR) is 181 cm³/mol. The highest BCUT2D eigenvalue weighted by atomic mass is 16.7. The summed E-state index contributed by atoms with van der Waals surface area (Å²) < 4.78 is 34.7. The molecule has 0 spiro atoms. The fourth-order valence-corrected chi connectivity index (χ4v) is 8.18. The van der Waals surface area contributed by atoms with Gasteiger partial charge in [0.1, 0.15) is 23.4 Å². The topological polar surface area (TPSA) is 164 Å². The second-order valence-electron chi connectivity index (χ2n) is 14.4. The average molecular weight is 694 g/mol. The Hall–Kier alpha value is -4.45. The minimum Gasteiger partial charge on any atom is -0.507 e. The van der Waals surface area contributed by atoms with Crippen LogP contribution in [0, 0.1) is 25.2 Å². The monoisotopic (exact) mass is 693 g/mol. The number of carbonyl (C=O) groups is 2. The van der Waals surface area contributed by atoms with Gasteiger partial charge in [-0.15, -0.1) is 0 Å². The van der Waals surface area contributed by atoms with Crippen LogP contribution in [0.3, 0.4) is 0 Å². The summed E-state index contributed by atoms with van der Waals surface area (Å²) in [5.41, 5.74) is 4.08. The van der Waals surface area contributed by atoms with Crippen molar-refractivity contribution in [3.05, 3.63) is 39.4 Å².